The normalized spacial score (nSPS) is 14.9. The number of anilines is 1. The Morgan fingerprint density at radius 1 is 1.27 bits per heavy atom. The van der Waals surface area contributed by atoms with Crippen LogP contribution in [0.2, 0.25) is 0 Å². The van der Waals surface area contributed by atoms with Gasteiger partial charge in [0.15, 0.2) is 5.69 Å². The highest BCUT2D eigenvalue weighted by Gasteiger charge is 2.35. The fourth-order valence-electron chi connectivity index (χ4n) is 3.29. The third kappa shape index (κ3) is 3.63. The number of fused-ring (bicyclic) bond motifs is 3. The van der Waals surface area contributed by atoms with Gasteiger partial charge in [0.1, 0.15) is 5.75 Å². The highest BCUT2D eigenvalue weighted by atomic mass is 79.9. The smallest absolute Gasteiger partial charge is 0.247 e. The number of benzene rings is 2. The second-order valence-corrected chi connectivity index (χ2v) is 8.08. The van der Waals surface area contributed by atoms with Crippen LogP contribution in [0.15, 0.2) is 52.1 Å². The van der Waals surface area contributed by atoms with Gasteiger partial charge in [-0.15, -0.1) is 10.2 Å². The minimum Gasteiger partial charge on any atom is -0.496 e. The van der Waals surface area contributed by atoms with Gasteiger partial charge in [-0.3, -0.25) is 9.69 Å². The van der Waals surface area contributed by atoms with Crippen LogP contribution in [0.3, 0.4) is 0 Å². The van der Waals surface area contributed by atoms with Gasteiger partial charge in [0.25, 0.3) is 0 Å². The molecule has 4 rings (SSSR count). The van der Waals surface area contributed by atoms with Crippen molar-refractivity contribution in [3.05, 3.63) is 52.5 Å². The Morgan fingerprint density at radius 2 is 2.07 bits per heavy atom. The molecule has 0 spiro atoms. The number of hydrogen-bond donors (Lipinski definition) is 0. The number of ether oxygens (including phenoxy) is 2. The van der Waals surface area contributed by atoms with Gasteiger partial charge < -0.3 is 9.47 Å². The van der Waals surface area contributed by atoms with Crippen molar-refractivity contribution in [2.45, 2.75) is 24.7 Å². The molecule has 0 saturated heterocycles. The van der Waals surface area contributed by atoms with Crippen molar-refractivity contribution in [2.24, 2.45) is 0 Å². The van der Waals surface area contributed by atoms with Crippen LogP contribution in [-0.2, 0) is 4.79 Å². The fraction of sp³-hybridized carbons (Fsp3) is 0.238. The molecule has 3 aromatic rings. The molecule has 0 N–H and O–H groups in total. The van der Waals surface area contributed by atoms with E-state index in [1.165, 1.54) is 11.8 Å². The SMILES string of the molecule is CCC(=O)N1c2ccccc2-c2nnc(SC)nc2O[C@@H]1c1ccc(OC)c(Br)c1. The molecule has 2 heterocycles. The Balaban J connectivity index is 1.96. The predicted molar refractivity (Wildman–Crippen MR) is 119 cm³/mol. The van der Waals surface area contributed by atoms with Crippen LogP contribution in [0, 0.1) is 0 Å². The van der Waals surface area contributed by atoms with Crippen LogP contribution >= 0.6 is 27.7 Å². The number of halogens is 1. The number of para-hydroxylation sites is 1. The first-order chi connectivity index (χ1) is 14.6. The summed E-state index contributed by atoms with van der Waals surface area (Å²) in [5, 5.41) is 9.02. The van der Waals surface area contributed by atoms with E-state index in [1.807, 2.05) is 55.6 Å². The zero-order valence-corrected chi connectivity index (χ0v) is 19.0. The molecule has 2 aromatic carbocycles. The topological polar surface area (TPSA) is 77.4 Å². The molecule has 9 heteroatoms. The van der Waals surface area contributed by atoms with Crippen molar-refractivity contribution >= 4 is 39.3 Å². The van der Waals surface area contributed by atoms with Gasteiger partial charge >= 0.3 is 0 Å². The predicted octanol–water partition coefficient (Wildman–Crippen LogP) is 4.87. The van der Waals surface area contributed by atoms with Gasteiger partial charge in [-0.1, -0.05) is 36.9 Å². The highest BCUT2D eigenvalue weighted by Crippen LogP contribution is 2.44. The first-order valence-electron chi connectivity index (χ1n) is 9.27. The standard InChI is InChI=1S/C21H19BrN4O3S/c1-4-17(27)26-15-8-6-5-7-13(15)18-19(23-21(30-3)25-24-18)29-20(26)12-9-10-16(28-2)14(22)11-12/h5-11,20H,4H2,1-3H3/t20-/m1/s1. The maximum Gasteiger partial charge on any atom is 0.247 e. The number of nitrogens with zero attached hydrogens (tertiary/aromatic N) is 4. The molecule has 0 bridgehead atoms. The lowest BCUT2D eigenvalue weighted by molar-refractivity contribution is -0.120. The van der Waals surface area contributed by atoms with Crippen LogP contribution in [0.1, 0.15) is 25.1 Å². The minimum absolute atomic E-state index is 0.0785. The average molecular weight is 487 g/mol. The lowest BCUT2D eigenvalue weighted by atomic mass is 10.1. The number of amides is 1. The first kappa shape index (κ1) is 20.6. The molecule has 154 valence electrons. The molecule has 1 amide bonds. The maximum atomic E-state index is 13.1. The van der Waals surface area contributed by atoms with E-state index >= 15 is 0 Å². The molecule has 0 saturated carbocycles. The van der Waals surface area contributed by atoms with Crippen molar-refractivity contribution < 1.29 is 14.3 Å². The van der Waals surface area contributed by atoms with Crippen molar-refractivity contribution in [3.63, 3.8) is 0 Å². The number of rotatable bonds is 4. The van der Waals surface area contributed by atoms with E-state index in [0.29, 0.717) is 34.6 Å². The Labute approximate surface area is 186 Å². The number of methoxy groups -OCH3 is 1. The van der Waals surface area contributed by atoms with E-state index < -0.39 is 6.23 Å². The van der Waals surface area contributed by atoms with Gasteiger partial charge in [-0.05, 0) is 46.5 Å². The summed E-state index contributed by atoms with van der Waals surface area (Å²) in [4.78, 5) is 19.3. The summed E-state index contributed by atoms with van der Waals surface area (Å²) < 4.78 is 12.5. The zero-order chi connectivity index (χ0) is 21.3. The summed E-state index contributed by atoms with van der Waals surface area (Å²) in [5.74, 6) is 0.950. The number of thioether (sulfide) groups is 1. The molecule has 0 unspecified atom stereocenters. The number of hydrogen-bond acceptors (Lipinski definition) is 7. The summed E-state index contributed by atoms with van der Waals surface area (Å²) in [7, 11) is 1.61. The molecule has 1 aliphatic rings. The highest BCUT2D eigenvalue weighted by molar-refractivity contribution is 9.10. The number of aromatic nitrogens is 3. The van der Waals surface area contributed by atoms with Gasteiger partial charge in [-0.2, -0.15) is 4.98 Å². The molecular weight excluding hydrogens is 468 g/mol. The largest absolute Gasteiger partial charge is 0.496 e. The van der Waals surface area contributed by atoms with E-state index in [1.54, 1.807) is 12.0 Å². The maximum absolute atomic E-state index is 13.1. The van der Waals surface area contributed by atoms with Crippen LogP contribution in [0.25, 0.3) is 11.3 Å². The number of carbonyl (C=O) groups excluding carboxylic acids is 1. The van der Waals surface area contributed by atoms with E-state index in [0.717, 1.165) is 15.6 Å². The molecular formula is C21H19BrN4O3S. The molecule has 1 aromatic heterocycles. The third-order valence-corrected chi connectivity index (χ3v) is 5.88. The van der Waals surface area contributed by atoms with E-state index in [9.17, 15) is 4.79 Å². The van der Waals surface area contributed by atoms with Crippen molar-refractivity contribution in [1.29, 1.82) is 0 Å². The minimum atomic E-state index is -0.728. The van der Waals surface area contributed by atoms with Gasteiger partial charge in [0.2, 0.25) is 23.2 Å². The Kier molecular flexibility index (Phi) is 5.92. The summed E-state index contributed by atoms with van der Waals surface area (Å²) in [6, 6.07) is 13.2. The monoisotopic (exact) mass is 486 g/mol. The molecule has 7 nitrogen and oxygen atoms in total. The van der Waals surface area contributed by atoms with Crippen molar-refractivity contribution in [2.75, 3.05) is 18.3 Å². The van der Waals surface area contributed by atoms with Crippen LogP contribution in [0.5, 0.6) is 11.6 Å². The molecule has 1 atom stereocenters. The molecule has 0 fully saturated rings. The lowest BCUT2D eigenvalue weighted by Crippen LogP contribution is -2.37. The summed E-state index contributed by atoms with van der Waals surface area (Å²) in [6.07, 6.45) is 1.46. The summed E-state index contributed by atoms with van der Waals surface area (Å²) >= 11 is 4.90. The van der Waals surface area contributed by atoms with Gasteiger partial charge in [-0.25, -0.2) is 0 Å². The second-order valence-electron chi connectivity index (χ2n) is 6.45. The quantitative estimate of drug-likeness (QED) is 0.486. The molecule has 0 radical (unpaired) electrons. The summed E-state index contributed by atoms with van der Waals surface area (Å²) in [5.41, 5.74) is 2.73. The van der Waals surface area contributed by atoms with Crippen molar-refractivity contribution in [3.8, 4) is 22.9 Å². The van der Waals surface area contributed by atoms with Gasteiger partial charge in [0.05, 0.1) is 17.3 Å². The van der Waals surface area contributed by atoms with Crippen molar-refractivity contribution in [1.82, 2.24) is 15.2 Å². The zero-order valence-electron chi connectivity index (χ0n) is 16.6. The van der Waals surface area contributed by atoms with E-state index in [2.05, 4.69) is 31.1 Å². The molecule has 1 aliphatic heterocycles. The van der Waals surface area contributed by atoms with Gasteiger partial charge in [0, 0.05) is 17.5 Å². The molecule has 30 heavy (non-hydrogen) atoms. The average Bonchev–Trinajstić information content (AvgIpc) is 2.92. The lowest BCUT2D eigenvalue weighted by Gasteiger charge is -2.30. The van der Waals surface area contributed by atoms with Crippen LogP contribution in [0.4, 0.5) is 5.69 Å². The Morgan fingerprint density at radius 3 is 2.77 bits per heavy atom. The fourth-order valence-corrected chi connectivity index (χ4v) is 4.15. The van der Waals surface area contributed by atoms with Crippen LogP contribution < -0.4 is 14.4 Å². The Bertz CT molecular complexity index is 1110. The Hall–Kier alpha value is -2.65. The van der Waals surface area contributed by atoms with E-state index in [4.69, 9.17) is 9.47 Å². The molecule has 0 aliphatic carbocycles. The first-order valence-corrected chi connectivity index (χ1v) is 11.3. The second kappa shape index (κ2) is 8.61. The summed E-state index contributed by atoms with van der Waals surface area (Å²) in [6.45, 7) is 1.83. The third-order valence-electron chi connectivity index (χ3n) is 4.73. The van der Waals surface area contributed by atoms with E-state index in [-0.39, 0.29) is 5.91 Å². The van der Waals surface area contributed by atoms with Crippen LogP contribution in [-0.4, -0.2) is 34.5 Å². The number of carbonyl (C=O) groups is 1.